The maximum Gasteiger partial charge on any atom is 0.265 e. The molecule has 4 rings (SSSR count). The molecule has 4 aromatic rings. The number of fused-ring (bicyclic) bond motifs is 3. The summed E-state index contributed by atoms with van der Waals surface area (Å²) in [6.07, 6.45) is 2.44. The number of aromatic amines is 1. The van der Waals surface area contributed by atoms with E-state index in [1.54, 1.807) is 17.5 Å². The number of para-hydroxylation sites is 3. The third-order valence-electron chi connectivity index (χ3n) is 4.89. The standard InChI is InChI=1S/C22H18N4O/c1-3-15-8-4-5-9-18(15)24-13-17-14(2)16(12-23)21-25-19-10-6-7-11-20(19)26(21)22(17)27/h4-11,13,25H,3H2,1-2H3. The number of imidazole rings is 1. The molecule has 0 bridgehead atoms. The van der Waals surface area contributed by atoms with Crippen LogP contribution in [0.5, 0.6) is 0 Å². The van der Waals surface area contributed by atoms with Crippen LogP contribution in [0.25, 0.3) is 16.7 Å². The van der Waals surface area contributed by atoms with E-state index < -0.39 is 0 Å². The molecule has 0 spiro atoms. The lowest BCUT2D eigenvalue weighted by Crippen LogP contribution is -2.20. The van der Waals surface area contributed by atoms with Gasteiger partial charge in [-0.2, -0.15) is 5.26 Å². The van der Waals surface area contributed by atoms with E-state index in [4.69, 9.17) is 0 Å². The minimum Gasteiger partial charge on any atom is -0.338 e. The van der Waals surface area contributed by atoms with E-state index in [9.17, 15) is 10.1 Å². The number of H-pyrrole nitrogens is 1. The number of hydrogen-bond donors (Lipinski definition) is 1. The number of nitriles is 1. The molecule has 5 heteroatoms. The zero-order valence-electron chi connectivity index (χ0n) is 15.2. The quantitative estimate of drug-likeness (QED) is 0.558. The summed E-state index contributed by atoms with van der Waals surface area (Å²) in [5.74, 6) is 0. The average molecular weight is 354 g/mol. The van der Waals surface area contributed by atoms with Gasteiger partial charge in [0, 0.05) is 6.21 Å². The van der Waals surface area contributed by atoms with Crippen molar-refractivity contribution in [3.63, 3.8) is 0 Å². The van der Waals surface area contributed by atoms with Gasteiger partial charge in [0.25, 0.3) is 5.56 Å². The van der Waals surface area contributed by atoms with Crippen LogP contribution in [-0.4, -0.2) is 15.6 Å². The topological polar surface area (TPSA) is 73.4 Å². The third-order valence-corrected chi connectivity index (χ3v) is 4.89. The Morgan fingerprint density at radius 2 is 1.93 bits per heavy atom. The van der Waals surface area contributed by atoms with Crippen LogP contribution in [-0.2, 0) is 6.42 Å². The molecule has 0 aliphatic heterocycles. The number of hydrogen-bond acceptors (Lipinski definition) is 3. The van der Waals surface area contributed by atoms with Gasteiger partial charge in [-0.25, -0.2) is 0 Å². The minimum absolute atomic E-state index is 0.184. The Bertz CT molecular complexity index is 1300. The number of nitrogens with zero attached hydrogens (tertiary/aromatic N) is 3. The second-order valence-corrected chi connectivity index (χ2v) is 6.40. The van der Waals surface area contributed by atoms with Crippen molar-refractivity contribution in [2.75, 3.05) is 0 Å². The van der Waals surface area contributed by atoms with Gasteiger partial charge in [-0.05, 0) is 42.7 Å². The Kier molecular flexibility index (Phi) is 4.09. The first-order chi connectivity index (χ1) is 13.2. The lowest BCUT2D eigenvalue weighted by atomic mass is 10.1. The highest BCUT2D eigenvalue weighted by Crippen LogP contribution is 2.22. The third kappa shape index (κ3) is 2.63. The number of nitrogens with one attached hydrogen (secondary N) is 1. The molecule has 2 heterocycles. The Morgan fingerprint density at radius 3 is 2.70 bits per heavy atom. The highest BCUT2D eigenvalue weighted by Gasteiger charge is 2.17. The van der Waals surface area contributed by atoms with E-state index in [-0.39, 0.29) is 5.56 Å². The molecular formula is C22H18N4O. The number of aliphatic imine (C=N–C) groups is 1. The van der Waals surface area contributed by atoms with Gasteiger partial charge in [0.2, 0.25) is 0 Å². The summed E-state index contributed by atoms with van der Waals surface area (Å²) in [5.41, 5.74) is 5.36. The van der Waals surface area contributed by atoms with Crippen LogP contribution in [0, 0.1) is 18.3 Å². The van der Waals surface area contributed by atoms with Crippen LogP contribution >= 0.6 is 0 Å². The molecule has 0 saturated carbocycles. The second-order valence-electron chi connectivity index (χ2n) is 6.40. The van der Waals surface area contributed by atoms with E-state index in [2.05, 4.69) is 23.0 Å². The lowest BCUT2D eigenvalue weighted by molar-refractivity contribution is 1.11. The number of rotatable bonds is 3. The fourth-order valence-corrected chi connectivity index (χ4v) is 3.42. The number of aromatic nitrogens is 2. The van der Waals surface area contributed by atoms with Crippen molar-refractivity contribution in [1.29, 1.82) is 5.26 Å². The van der Waals surface area contributed by atoms with Crippen LogP contribution in [0.4, 0.5) is 5.69 Å². The van der Waals surface area contributed by atoms with Crippen molar-refractivity contribution >= 4 is 28.6 Å². The molecule has 27 heavy (non-hydrogen) atoms. The Balaban J connectivity index is 2.01. The molecule has 0 saturated heterocycles. The van der Waals surface area contributed by atoms with Gasteiger partial charge in [0.05, 0.1) is 27.8 Å². The largest absolute Gasteiger partial charge is 0.338 e. The van der Waals surface area contributed by atoms with E-state index in [0.29, 0.717) is 22.3 Å². The van der Waals surface area contributed by atoms with Gasteiger partial charge in [-0.3, -0.25) is 14.2 Å². The molecule has 0 radical (unpaired) electrons. The first-order valence-corrected chi connectivity index (χ1v) is 8.83. The normalized spacial score (nSPS) is 11.4. The Hall–Kier alpha value is -3.65. The fraction of sp³-hybridized carbons (Fsp3) is 0.136. The predicted molar refractivity (Wildman–Crippen MR) is 108 cm³/mol. The highest BCUT2D eigenvalue weighted by atomic mass is 16.1. The molecule has 5 nitrogen and oxygen atoms in total. The maximum atomic E-state index is 13.2. The average Bonchev–Trinajstić information content (AvgIpc) is 3.08. The van der Waals surface area contributed by atoms with Crippen LogP contribution < -0.4 is 5.56 Å². The molecule has 0 amide bonds. The maximum absolute atomic E-state index is 13.2. The summed E-state index contributed by atoms with van der Waals surface area (Å²) in [6, 6.07) is 17.6. The molecule has 132 valence electrons. The van der Waals surface area contributed by atoms with E-state index in [1.165, 1.54) is 0 Å². The molecule has 0 aliphatic carbocycles. The van der Waals surface area contributed by atoms with Crippen LogP contribution in [0.15, 0.2) is 58.3 Å². The van der Waals surface area contributed by atoms with Crippen molar-refractivity contribution < 1.29 is 0 Å². The summed E-state index contributed by atoms with van der Waals surface area (Å²) < 4.78 is 1.56. The summed E-state index contributed by atoms with van der Waals surface area (Å²) in [7, 11) is 0. The molecule has 2 aromatic heterocycles. The van der Waals surface area contributed by atoms with Gasteiger partial charge in [-0.1, -0.05) is 37.3 Å². The summed E-state index contributed by atoms with van der Waals surface area (Å²) >= 11 is 0. The highest BCUT2D eigenvalue weighted by molar-refractivity contribution is 5.89. The Labute approximate surface area is 156 Å². The van der Waals surface area contributed by atoms with Crippen LogP contribution in [0.3, 0.4) is 0 Å². The lowest BCUT2D eigenvalue weighted by Gasteiger charge is -2.06. The molecule has 2 aromatic carbocycles. The minimum atomic E-state index is -0.184. The van der Waals surface area contributed by atoms with E-state index in [0.717, 1.165) is 28.7 Å². The van der Waals surface area contributed by atoms with Crippen LogP contribution in [0.1, 0.15) is 29.2 Å². The fourth-order valence-electron chi connectivity index (χ4n) is 3.42. The first-order valence-electron chi connectivity index (χ1n) is 8.83. The van der Waals surface area contributed by atoms with Gasteiger partial charge in [0.1, 0.15) is 11.7 Å². The number of aryl methyl sites for hydroxylation is 1. The first kappa shape index (κ1) is 16.8. The molecule has 0 unspecified atom stereocenters. The van der Waals surface area contributed by atoms with Gasteiger partial charge in [-0.15, -0.1) is 0 Å². The zero-order chi connectivity index (χ0) is 19.0. The van der Waals surface area contributed by atoms with Gasteiger partial charge in [0.15, 0.2) is 0 Å². The smallest absolute Gasteiger partial charge is 0.265 e. The van der Waals surface area contributed by atoms with E-state index >= 15 is 0 Å². The second kappa shape index (κ2) is 6.58. The molecular weight excluding hydrogens is 336 g/mol. The van der Waals surface area contributed by atoms with E-state index in [1.807, 2.05) is 48.5 Å². The van der Waals surface area contributed by atoms with Gasteiger partial charge < -0.3 is 4.98 Å². The van der Waals surface area contributed by atoms with Crippen molar-refractivity contribution in [2.24, 2.45) is 4.99 Å². The zero-order valence-corrected chi connectivity index (χ0v) is 15.2. The number of pyridine rings is 1. The number of benzene rings is 2. The van der Waals surface area contributed by atoms with Crippen molar-refractivity contribution in [1.82, 2.24) is 9.38 Å². The van der Waals surface area contributed by atoms with Crippen molar-refractivity contribution in [3.8, 4) is 6.07 Å². The predicted octanol–water partition coefficient (Wildman–Crippen LogP) is 4.27. The van der Waals surface area contributed by atoms with Crippen LogP contribution in [0.2, 0.25) is 0 Å². The molecule has 0 atom stereocenters. The summed E-state index contributed by atoms with van der Waals surface area (Å²) in [4.78, 5) is 21.0. The summed E-state index contributed by atoms with van der Waals surface area (Å²) in [5, 5.41) is 9.69. The SMILES string of the molecule is CCc1ccccc1N=Cc1c(C)c(C#N)c2[nH]c3ccccc3n2c1=O. The summed E-state index contributed by atoms with van der Waals surface area (Å²) in [6.45, 7) is 3.86. The molecule has 1 N–H and O–H groups in total. The van der Waals surface area contributed by atoms with Crippen molar-refractivity contribution in [2.45, 2.75) is 20.3 Å². The molecule has 0 aliphatic rings. The Morgan fingerprint density at radius 1 is 1.19 bits per heavy atom. The van der Waals surface area contributed by atoms with Gasteiger partial charge >= 0.3 is 0 Å². The molecule has 0 fully saturated rings. The van der Waals surface area contributed by atoms with Crippen molar-refractivity contribution in [3.05, 3.63) is 81.1 Å². The monoisotopic (exact) mass is 354 g/mol.